The van der Waals surface area contributed by atoms with Gasteiger partial charge in [0, 0.05) is 18.6 Å². The zero-order valence-electron chi connectivity index (χ0n) is 11.4. The highest BCUT2D eigenvalue weighted by Gasteiger charge is 2.26. The second-order valence-corrected chi connectivity index (χ2v) is 5.63. The van der Waals surface area contributed by atoms with Gasteiger partial charge >= 0.3 is 0 Å². The topological polar surface area (TPSA) is 58.4 Å². The Morgan fingerprint density at radius 1 is 1.41 bits per heavy atom. The number of hydrogen-bond acceptors (Lipinski definition) is 3. The van der Waals surface area contributed by atoms with E-state index in [2.05, 4.69) is 24.1 Å². The van der Waals surface area contributed by atoms with Gasteiger partial charge in [-0.1, -0.05) is 26.7 Å². The Labute approximate surface area is 105 Å². The Hall–Kier alpha value is -0.610. The van der Waals surface area contributed by atoms with Crippen molar-refractivity contribution in [3.63, 3.8) is 0 Å². The average Bonchev–Trinajstić information content (AvgIpc) is 2.26. The lowest BCUT2D eigenvalue weighted by Crippen LogP contribution is -2.50. The molecule has 0 aromatic carbocycles. The number of likely N-dealkylation sites (N-methyl/N-ethyl adjacent to an activating group) is 1. The van der Waals surface area contributed by atoms with Gasteiger partial charge in [-0.3, -0.25) is 9.69 Å². The molecule has 0 bridgehead atoms. The van der Waals surface area contributed by atoms with E-state index in [9.17, 15) is 4.79 Å². The van der Waals surface area contributed by atoms with Gasteiger partial charge in [0.05, 0.1) is 6.54 Å². The summed E-state index contributed by atoms with van der Waals surface area (Å²) in [6, 6.07) is 0.597. The van der Waals surface area contributed by atoms with Gasteiger partial charge < -0.3 is 11.1 Å². The zero-order valence-corrected chi connectivity index (χ0v) is 11.4. The molecule has 2 atom stereocenters. The Bertz CT molecular complexity index is 243. The molecule has 1 saturated carbocycles. The fourth-order valence-corrected chi connectivity index (χ4v) is 2.40. The predicted molar refractivity (Wildman–Crippen MR) is 70.7 cm³/mol. The number of nitrogens with two attached hydrogens (primary N) is 1. The van der Waals surface area contributed by atoms with Gasteiger partial charge in [-0.2, -0.15) is 0 Å². The molecule has 4 nitrogen and oxygen atoms in total. The van der Waals surface area contributed by atoms with Crippen LogP contribution in [0.15, 0.2) is 0 Å². The van der Waals surface area contributed by atoms with Crippen molar-refractivity contribution in [2.75, 3.05) is 20.1 Å². The third-order valence-corrected chi connectivity index (χ3v) is 3.45. The molecule has 1 rings (SSSR count). The smallest absolute Gasteiger partial charge is 0.234 e. The highest BCUT2D eigenvalue weighted by Crippen LogP contribution is 2.20. The molecule has 4 heteroatoms. The van der Waals surface area contributed by atoms with Crippen LogP contribution in [-0.4, -0.2) is 43.0 Å². The summed E-state index contributed by atoms with van der Waals surface area (Å²) in [5.74, 6) is 0.611. The number of rotatable bonds is 5. The minimum absolute atomic E-state index is 0.110. The van der Waals surface area contributed by atoms with Crippen molar-refractivity contribution in [1.82, 2.24) is 10.2 Å². The van der Waals surface area contributed by atoms with Gasteiger partial charge in [-0.25, -0.2) is 0 Å². The summed E-state index contributed by atoms with van der Waals surface area (Å²) in [5, 5.41) is 2.95. The summed E-state index contributed by atoms with van der Waals surface area (Å²) in [6.45, 7) is 5.41. The number of hydrogen-bond donors (Lipinski definition) is 2. The maximum atomic E-state index is 11.7. The van der Waals surface area contributed by atoms with E-state index in [-0.39, 0.29) is 11.9 Å². The lowest BCUT2D eigenvalue weighted by molar-refractivity contribution is -0.122. The highest BCUT2D eigenvalue weighted by atomic mass is 16.2. The molecule has 0 aromatic rings. The van der Waals surface area contributed by atoms with E-state index in [1.54, 1.807) is 0 Å². The molecule has 2 unspecified atom stereocenters. The van der Waals surface area contributed by atoms with Crippen LogP contribution in [0.3, 0.4) is 0 Å². The first-order valence-electron chi connectivity index (χ1n) is 6.73. The minimum atomic E-state index is 0.110. The molecular weight excluding hydrogens is 214 g/mol. The summed E-state index contributed by atoms with van der Waals surface area (Å²) in [7, 11) is 2.00. The van der Waals surface area contributed by atoms with E-state index < -0.39 is 0 Å². The zero-order chi connectivity index (χ0) is 12.8. The van der Waals surface area contributed by atoms with Crippen molar-refractivity contribution in [3.8, 4) is 0 Å². The molecule has 1 aliphatic carbocycles. The maximum absolute atomic E-state index is 11.7. The Morgan fingerprint density at radius 3 is 2.65 bits per heavy atom. The van der Waals surface area contributed by atoms with Crippen molar-refractivity contribution in [3.05, 3.63) is 0 Å². The fraction of sp³-hybridized carbons (Fsp3) is 0.923. The molecular formula is C13H27N3O. The van der Waals surface area contributed by atoms with Crippen molar-refractivity contribution >= 4 is 5.91 Å². The summed E-state index contributed by atoms with van der Waals surface area (Å²) in [4.78, 5) is 13.8. The molecule has 0 aromatic heterocycles. The molecule has 0 heterocycles. The van der Waals surface area contributed by atoms with E-state index in [4.69, 9.17) is 5.73 Å². The molecule has 1 aliphatic rings. The molecule has 1 amide bonds. The maximum Gasteiger partial charge on any atom is 0.234 e. The van der Waals surface area contributed by atoms with Gasteiger partial charge in [-0.05, 0) is 25.8 Å². The second kappa shape index (κ2) is 6.97. The third-order valence-electron chi connectivity index (χ3n) is 3.45. The lowest BCUT2D eigenvalue weighted by Gasteiger charge is -2.35. The Balaban J connectivity index is 2.31. The standard InChI is InChI=1S/C13H27N3O/c1-10(2)8-15-13(17)9-16(3)12-7-5-4-6-11(12)14/h10-12H,4-9,14H2,1-3H3,(H,15,17). The summed E-state index contributed by atoms with van der Waals surface area (Å²) in [5.41, 5.74) is 6.10. The van der Waals surface area contributed by atoms with Crippen LogP contribution in [0, 0.1) is 5.92 Å². The van der Waals surface area contributed by atoms with Crippen molar-refractivity contribution < 1.29 is 4.79 Å². The van der Waals surface area contributed by atoms with E-state index in [0.29, 0.717) is 18.5 Å². The monoisotopic (exact) mass is 241 g/mol. The van der Waals surface area contributed by atoms with Crippen molar-refractivity contribution in [1.29, 1.82) is 0 Å². The molecule has 0 spiro atoms. The molecule has 100 valence electrons. The first kappa shape index (κ1) is 14.5. The minimum Gasteiger partial charge on any atom is -0.355 e. The van der Waals surface area contributed by atoms with Crippen LogP contribution < -0.4 is 11.1 Å². The van der Waals surface area contributed by atoms with Crippen LogP contribution in [-0.2, 0) is 4.79 Å². The molecule has 1 fully saturated rings. The quantitative estimate of drug-likeness (QED) is 0.754. The number of nitrogens with one attached hydrogen (secondary N) is 1. The van der Waals surface area contributed by atoms with Crippen LogP contribution in [0.1, 0.15) is 39.5 Å². The van der Waals surface area contributed by atoms with Crippen molar-refractivity contribution in [2.45, 2.75) is 51.6 Å². The highest BCUT2D eigenvalue weighted by molar-refractivity contribution is 5.78. The Kier molecular flexibility index (Phi) is 5.92. The van der Waals surface area contributed by atoms with E-state index in [1.165, 1.54) is 12.8 Å². The van der Waals surface area contributed by atoms with Gasteiger partial charge in [0.1, 0.15) is 0 Å². The van der Waals surface area contributed by atoms with Crippen LogP contribution >= 0.6 is 0 Å². The first-order chi connectivity index (χ1) is 8.00. The summed E-state index contributed by atoms with van der Waals surface area (Å²) >= 11 is 0. The number of carbonyl (C=O) groups excluding carboxylic acids is 1. The third kappa shape index (κ3) is 5.04. The van der Waals surface area contributed by atoms with Crippen LogP contribution in [0.5, 0.6) is 0 Å². The van der Waals surface area contributed by atoms with Gasteiger partial charge in [-0.15, -0.1) is 0 Å². The predicted octanol–water partition coefficient (Wildman–Crippen LogP) is 0.960. The molecule has 3 N–H and O–H groups in total. The second-order valence-electron chi connectivity index (χ2n) is 5.63. The average molecular weight is 241 g/mol. The van der Waals surface area contributed by atoms with Crippen LogP contribution in [0.4, 0.5) is 0 Å². The SMILES string of the molecule is CC(C)CNC(=O)CN(C)C1CCCCC1N. The molecule has 0 saturated heterocycles. The normalized spacial score (nSPS) is 25.3. The largest absolute Gasteiger partial charge is 0.355 e. The van der Waals surface area contributed by atoms with Crippen molar-refractivity contribution in [2.24, 2.45) is 11.7 Å². The van der Waals surface area contributed by atoms with Crippen LogP contribution in [0.25, 0.3) is 0 Å². The van der Waals surface area contributed by atoms with Gasteiger partial charge in [0.15, 0.2) is 0 Å². The van der Waals surface area contributed by atoms with Crippen LogP contribution in [0.2, 0.25) is 0 Å². The molecule has 17 heavy (non-hydrogen) atoms. The fourth-order valence-electron chi connectivity index (χ4n) is 2.40. The van der Waals surface area contributed by atoms with E-state index >= 15 is 0 Å². The van der Waals surface area contributed by atoms with E-state index in [0.717, 1.165) is 19.4 Å². The number of amides is 1. The molecule has 0 aliphatic heterocycles. The molecule has 0 radical (unpaired) electrons. The van der Waals surface area contributed by atoms with E-state index in [1.807, 2.05) is 7.05 Å². The van der Waals surface area contributed by atoms with Gasteiger partial charge in [0.2, 0.25) is 5.91 Å². The number of nitrogens with zero attached hydrogens (tertiary/aromatic N) is 1. The Morgan fingerprint density at radius 2 is 2.06 bits per heavy atom. The summed E-state index contributed by atoms with van der Waals surface area (Å²) in [6.07, 6.45) is 4.67. The lowest BCUT2D eigenvalue weighted by atomic mass is 9.90. The first-order valence-corrected chi connectivity index (χ1v) is 6.73. The number of carbonyl (C=O) groups is 1. The van der Waals surface area contributed by atoms with Gasteiger partial charge in [0.25, 0.3) is 0 Å². The summed E-state index contributed by atoms with van der Waals surface area (Å²) < 4.78 is 0.